The van der Waals surface area contributed by atoms with E-state index in [9.17, 15) is 4.79 Å². The number of carbonyl (C=O) groups excluding carboxylic acids is 1. The first-order chi connectivity index (χ1) is 12.2. The number of carbonyl (C=O) groups is 1. The summed E-state index contributed by atoms with van der Waals surface area (Å²) < 4.78 is 16.1. The molecule has 2 heterocycles. The smallest absolute Gasteiger partial charge is 0.357 e. The number of hydrogen-bond acceptors (Lipinski definition) is 5. The van der Waals surface area contributed by atoms with Gasteiger partial charge in [0, 0.05) is 35.6 Å². The molecule has 3 rings (SSSR count). The highest BCUT2D eigenvalue weighted by Gasteiger charge is 2.21. The average Bonchev–Trinajstić information content (AvgIpc) is 3.00. The predicted molar refractivity (Wildman–Crippen MR) is 95.6 cm³/mol. The summed E-state index contributed by atoms with van der Waals surface area (Å²) in [5, 5.41) is 1.97. The monoisotopic (exact) mass is 342 g/mol. The molecule has 0 radical (unpaired) electrons. The number of benzene rings is 1. The second-order valence-electron chi connectivity index (χ2n) is 5.63. The molecule has 0 bridgehead atoms. The van der Waals surface area contributed by atoms with E-state index in [-0.39, 0.29) is 6.61 Å². The number of hydrogen-bond donors (Lipinski definition) is 1. The third kappa shape index (κ3) is 3.23. The predicted octanol–water partition coefficient (Wildman–Crippen LogP) is 3.58. The van der Waals surface area contributed by atoms with Gasteiger partial charge in [0.05, 0.1) is 31.5 Å². The molecule has 1 N–H and O–H groups in total. The lowest BCUT2D eigenvalue weighted by Crippen LogP contribution is -2.11. The third-order valence-corrected chi connectivity index (χ3v) is 4.07. The molecule has 6 nitrogen and oxygen atoms in total. The molecule has 0 aliphatic rings. The second-order valence-corrected chi connectivity index (χ2v) is 5.63. The lowest BCUT2D eigenvalue weighted by atomic mass is 10.0. The molecule has 0 aliphatic heterocycles. The van der Waals surface area contributed by atoms with Crippen LogP contribution in [0, 0.1) is 0 Å². The van der Waals surface area contributed by atoms with Crippen LogP contribution in [0.2, 0.25) is 0 Å². The summed E-state index contributed by atoms with van der Waals surface area (Å²) in [6.07, 6.45) is 1.67. The van der Waals surface area contributed by atoms with Crippen molar-refractivity contribution in [1.82, 2.24) is 9.97 Å². The maximum atomic E-state index is 12.3. The molecule has 0 spiro atoms. The van der Waals surface area contributed by atoms with E-state index in [4.69, 9.17) is 14.2 Å². The van der Waals surface area contributed by atoms with Gasteiger partial charge in [-0.1, -0.05) is 12.1 Å². The Balaban J connectivity index is 2.30. The van der Waals surface area contributed by atoms with Crippen molar-refractivity contribution in [3.8, 4) is 0 Å². The van der Waals surface area contributed by atoms with Crippen LogP contribution in [0.15, 0.2) is 24.4 Å². The molecule has 2 aromatic heterocycles. The summed E-state index contributed by atoms with van der Waals surface area (Å²) in [4.78, 5) is 20.0. The number of aromatic amines is 1. The number of esters is 1. The van der Waals surface area contributed by atoms with Gasteiger partial charge in [-0.15, -0.1) is 0 Å². The zero-order valence-corrected chi connectivity index (χ0v) is 14.7. The van der Waals surface area contributed by atoms with Gasteiger partial charge in [0.1, 0.15) is 0 Å². The lowest BCUT2D eigenvalue weighted by Gasteiger charge is -2.10. The van der Waals surface area contributed by atoms with E-state index in [0.717, 1.165) is 32.9 Å². The summed E-state index contributed by atoms with van der Waals surface area (Å²) >= 11 is 0. The van der Waals surface area contributed by atoms with Crippen molar-refractivity contribution in [3.05, 3.63) is 41.2 Å². The van der Waals surface area contributed by atoms with E-state index < -0.39 is 5.97 Å². The summed E-state index contributed by atoms with van der Waals surface area (Å²) in [6, 6.07) is 6.03. The Bertz CT molecular complexity index is 901. The number of rotatable bonds is 7. The molecule has 3 aromatic rings. The molecule has 0 amide bonds. The molecule has 1 aromatic carbocycles. The number of ether oxygens (including phenoxy) is 3. The zero-order chi connectivity index (χ0) is 17.8. The topological polar surface area (TPSA) is 73.4 Å². The molecule has 0 aliphatic carbocycles. The van der Waals surface area contributed by atoms with Crippen LogP contribution in [0.4, 0.5) is 0 Å². The zero-order valence-electron chi connectivity index (χ0n) is 14.7. The maximum absolute atomic E-state index is 12.3. The van der Waals surface area contributed by atoms with Crippen molar-refractivity contribution in [2.24, 2.45) is 0 Å². The Morgan fingerprint density at radius 3 is 2.68 bits per heavy atom. The van der Waals surface area contributed by atoms with E-state index in [1.807, 2.05) is 25.1 Å². The van der Waals surface area contributed by atoms with E-state index >= 15 is 0 Å². The van der Waals surface area contributed by atoms with Crippen molar-refractivity contribution >= 4 is 27.8 Å². The Hall–Kier alpha value is -2.44. The van der Waals surface area contributed by atoms with E-state index in [2.05, 4.69) is 9.97 Å². The number of fused-ring (bicyclic) bond motifs is 3. The van der Waals surface area contributed by atoms with Crippen LogP contribution < -0.4 is 0 Å². The Labute approximate surface area is 146 Å². The lowest BCUT2D eigenvalue weighted by molar-refractivity contribution is 0.0514. The van der Waals surface area contributed by atoms with Crippen LogP contribution in [0.1, 0.15) is 35.5 Å². The molecule has 132 valence electrons. The number of H-pyrrole nitrogens is 1. The fourth-order valence-electron chi connectivity index (χ4n) is 3.07. The molecule has 0 atom stereocenters. The van der Waals surface area contributed by atoms with Crippen LogP contribution in [0.3, 0.4) is 0 Å². The Morgan fingerprint density at radius 1 is 1.12 bits per heavy atom. The van der Waals surface area contributed by atoms with Gasteiger partial charge in [0.25, 0.3) is 0 Å². The fraction of sp³-hybridized carbons (Fsp3) is 0.368. The van der Waals surface area contributed by atoms with Gasteiger partial charge in [0.15, 0.2) is 5.69 Å². The van der Waals surface area contributed by atoms with E-state index in [1.165, 1.54) is 0 Å². The summed E-state index contributed by atoms with van der Waals surface area (Å²) in [5.74, 6) is -0.437. The van der Waals surface area contributed by atoms with Crippen molar-refractivity contribution in [2.45, 2.75) is 27.1 Å². The number of methoxy groups -OCH3 is 1. The molecule has 0 saturated carbocycles. The first-order valence-corrected chi connectivity index (χ1v) is 8.36. The van der Waals surface area contributed by atoms with Crippen molar-refractivity contribution in [1.29, 1.82) is 0 Å². The van der Waals surface area contributed by atoms with Crippen molar-refractivity contribution in [3.63, 3.8) is 0 Å². The fourth-order valence-corrected chi connectivity index (χ4v) is 3.07. The standard InChI is InChI=1S/C19H22N2O4/c1-4-24-10-12-7-6-8-14-16(12)17-13(11-23-3)18(19(22)25-5-2)20-9-15(17)21-14/h6-9,21H,4-5,10-11H2,1-3H3. The molecular weight excluding hydrogens is 320 g/mol. The number of nitrogens with zero attached hydrogens (tertiary/aromatic N) is 1. The second kappa shape index (κ2) is 7.63. The number of pyridine rings is 1. The SMILES string of the molecule is CCOCc1cccc2[nH]c3cnc(C(=O)OCC)c(COC)c3c12. The molecule has 6 heteroatoms. The number of nitrogens with one attached hydrogen (secondary N) is 1. The minimum Gasteiger partial charge on any atom is -0.461 e. The summed E-state index contributed by atoms with van der Waals surface area (Å²) in [6.45, 7) is 5.46. The maximum Gasteiger partial charge on any atom is 0.357 e. The van der Waals surface area contributed by atoms with Gasteiger partial charge in [-0.3, -0.25) is 0 Å². The van der Waals surface area contributed by atoms with Crippen LogP contribution >= 0.6 is 0 Å². The highest BCUT2D eigenvalue weighted by Crippen LogP contribution is 2.33. The van der Waals surface area contributed by atoms with Crippen molar-refractivity contribution < 1.29 is 19.0 Å². The van der Waals surface area contributed by atoms with Gasteiger partial charge in [-0.2, -0.15) is 0 Å². The third-order valence-electron chi connectivity index (χ3n) is 4.07. The Kier molecular flexibility index (Phi) is 5.31. The van der Waals surface area contributed by atoms with Crippen LogP contribution in [0.5, 0.6) is 0 Å². The number of aromatic nitrogens is 2. The highest BCUT2D eigenvalue weighted by atomic mass is 16.5. The van der Waals surface area contributed by atoms with Gasteiger partial charge < -0.3 is 19.2 Å². The van der Waals surface area contributed by atoms with Crippen molar-refractivity contribution in [2.75, 3.05) is 20.3 Å². The normalized spacial score (nSPS) is 11.3. The average molecular weight is 342 g/mol. The molecule has 0 fully saturated rings. The summed E-state index contributed by atoms with van der Waals surface area (Å²) in [5.41, 5.74) is 3.92. The first kappa shape index (κ1) is 17.4. The van der Waals surface area contributed by atoms with Gasteiger partial charge in [-0.05, 0) is 25.5 Å². The highest BCUT2D eigenvalue weighted by molar-refractivity contribution is 6.12. The minimum absolute atomic E-state index is 0.272. The minimum atomic E-state index is -0.437. The van der Waals surface area contributed by atoms with Crippen LogP contribution in [-0.4, -0.2) is 36.3 Å². The van der Waals surface area contributed by atoms with E-state index in [1.54, 1.807) is 20.2 Å². The van der Waals surface area contributed by atoms with Crippen LogP contribution in [0.25, 0.3) is 21.8 Å². The van der Waals surface area contributed by atoms with E-state index in [0.29, 0.717) is 25.5 Å². The van der Waals surface area contributed by atoms with Gasteiger partial charge >= 0.3 is 5.97 Å². The molecule has 0 saturated heterocycles. The largest absolute Gasteiger partial charge is 0.461 e. The Morgan fingerprint density at radius 2 is 1.96 bits per heavy atom. The quantitative estimate of drug-likeness (QED) is 0.664. The summed E-state index contributed by atoms with van der Waals surface area (Å²) in [7, 11) is 1.60. The van der Waals surface area contributed by atoms with Crippen LogP contribution in [-0.2, 0) is 27.4 Å². The molecule has 25 heavy (non-hydrogen) atoms. The first-order valence-electron chi connectivity index (χ1n) is 8.36. The molecule has 0 unspecified atom stereocenters. The van der Waals surface area contributed by atoms with Gasteiger partial charge in [-0.25, -0.2) is 9.78 Å². The van der Waals surface area contributed by atoms with Gasteiger partial charge in [0.2, 0.25) is 0 Å². The molecular formula is C19H22N2O4.